The standard InChI is InChI=1S/C11H21N/c1-8(2)11-7-10(11)5-6-12(11)9(3)4/h8-10H,5-7H2,1-4H3/t10?,11-/m1/s1. The number of nitrogens with zero attached hydrogens (tertiary/aromatic N) is 1. The summed E-state index contributed by atoms with van der Waals surface area (Å²) in [6.07, 6.45) is 2.93. The molecule has 0 aromatic carbocycles. The smallest absolute Gasteiger partial charge is 0.0267 e. The largest absolute Gasteiger partial charge is 0.295 e. The van der Waals surface area contributed by atoms with Crippen LogP contribution in [0.4, 0.5) is 0 Å². The maximum atomic E-state index is 2.74. The van der Waals surface area contributed by atoms with Gasteiger partial charge in [0.2, 0.25) is 0 Å². The Labute approximate surface area is 76.1 Å². The zero-order chi connectivity index (χ0) is 8.93. The summed E-state index contributed by atoms with van der Waals surface area (Å²) in [5, 5.41) is 0. The van der Waals surface area contributed by atoms with Crippen molar-refractivity contribution in [3.8, 4) is 0 Å². The predicted octanol–water partition coefficient (Wildman–Crippen LogP) is 2.52. The number of piperidine rings is 1. The first kappa shape index (κ1) is 8.55. The van der Waals surface area contributed by atoms with Crippen LogP contribution in [0.2, 0.25) is 0 Å². The van der Waals surface area contributed by atoms with E-state index < -0.39 is 0 Å². The van der Waals surface area contributed by atoms with Gasteiger partial charge in [0.25, 0.3) is 0 Å². The van der Waals surface area contributed by atoms with E-state index in [-0.39, 0.29) is 0 Å². The van der Waals surface area contributed by atoms with E-state index in [9.17, 15) is 0 Å². The molecule has 0 aromatic heterocycles. The molecule has 1 aliphatic heterocycles. The van der Waals surface area contributed by atoms with E-state index >= 15 is 0 Å². The fourth-order valence-electron chi connectivity index (χ4n) is 3.32. The highest BCUT2D eigenvalue weighted by atomic mass is 15.3. The summed E-state index contributed by atoms with van der Waals surface area (Å²) in [4.78, 5) is 2.74. The van der Waals surface area contributed by atoms with Gasteiger partial charge in [0.1, 0.15) is 0 Å². The van der Waals surface area contributed by atoms with Crippen molar-refractivity contribution in [1.82, 2.24) is 4.90 Å². The van der Waals surface area contributed by atoms with E-state index in [4.69, 9.17) is 0 Å². The van der Waals surface area contributed by atoms with Crippen LogP contribution in [0.1, 0.15) is 40.5 Å². The molecule has 0 radical (unpaired) electrons. The molecule has 1 nitrogen and oxygen atoms in total. The van der Waals surface area contributed by atoms with Gasteiger partial charge in [-0.05, 0) is 45.1 Å². The second-order valence-corrected chi connectivity index (χ2v) is 5.12. The minimum atomic E-state index is 0.633. The zero-order valence-electron chi connectivity index (χ0n) is 8.80. The molecule has 1 unspecified atom stereocenters. The zero-order valence-corrected chi connectivity index (χ0v) is 8.80. The number of fused-ring (bicyclic) bond motifs is 1. The second-order valence-electron chi connectivity index (χ2n) is 5.12. The molecule has 0 amide bonds. The molecule has 12 heavy (non-hydrogen) atoms. The van der Waals surface area contributed by atoms with Crippen molar-refractivity contribution in [2.75, 3.05) is 6.54 Å². The van der Waals surface area contributed by atoms with Crippen LogP contribution < -0.4 is 0 Å². The van der Waals surface area contributed by atoms with Gasteiger partial charge in [-0.15, -0.1) is 0 Å². The van der Waals surface area contributed by atoms with Gasteiger partial charge in [-0.2, -0.15) is 0 Å². The normalized spacial score (nSPS) is 41.0. The van der Waals surface area contributed by atoms with Crippen molar-refractivity contribution in [3.05, 3.63) is 0 Å². The Morgan fingerprint density at radius 3 is 2.25 bits per heavy atom. The van der Waals surface area contributed by atoms with Gasteiger partial charge in [0.15, 0.2) is 0 Å². The van der Waals surface area contributed by atoms with E-state index in [0.717, 1.165) is 17.9 Å². The maximum absolute atomic E-state index is 2.74. The molecule has 70 valence electrons. The number of hydrogen-bond acceptors (Lipinski definition) is 1. The molecule has 1 saturated heterocycles. The lowest BCUT2D eigenvalue weighted by Crippen LogP contribution is -2.43. The van der Waals surface area contributed by atoms with Gasteiger partial charge < -0.3 is 0 Å². The summed E-state index contributed by atoms with van der Waals surface area (Å²) in [5.41, 5.74) is 0.633. The third kappa shape index (κ3) is 0.891. The van der Waals surface area contributed by atoms with Crippen molar-refractivity contribution in [2.45, 2.75) is 52.1 Å². The lowest BCUT2D eigenvalue weighted by molar-refractivity contribution is 0.125. The third-order valence-electron chi connectivity index (χ3n) is 4.00. The Morgan fingerprint density at radius 1 is 1.25 bits per heavy atom. The minimum absolute atomic E-state index is 0.633. The summed E-state index contributed by atoms with van der Waals surface area (Å²) in [7, 11) is 0. The molecule has 1 aliphatic carbocycles. The van der Waals surface area contributed by atoms with Crippen LogP contribution in [-0.2, 0) is 0 Å². The lowest BCUT2D eigenvalue weighted by atomic mass is 9.98. The summed E-state index contributed by atoms with van der Waals surface area (Å²) < 4.78 is 0. The van der Waals surface area contributed by atoms with E-state index in [2.05, 4.69) is 32.6 Å². The molecular weight excluding hydrogens is 146 g/mol. The van der Waals surface area contributed by atoms with Crippen molar-refractivity contribution in [3.63, 3.8) is 0 Å². The van der Waals surface area contributed by atoms with Gasteiger partial charge >= 0.3 is 0 Å². The summed E-state index contributed by atoms with van der Waals surface area (Å²) in [6, 6.07) is 0.750. The van der Waals surface area contributed by atoms with Crippen molar-refractivity contribution in [1.29, 1.82) is 0 Å². The van der Waals surface area contributed by atoms with Gasteiger partial charge in [-0.3, -0.25) is 4.90 Å². The van der Waals surface area contributed by atoms with Crippen LogP contribution in [0.3, 0.4) is 0 Å². The molecule has 0 bridgehead atoms. The maximum Gasteiger partial charge on any atom is 0.0267 e. The van der Waals surface area contributed by atoms with E-state index in [0.29, 0.717) is 5.54 Å². The lowest BCUT2D eigenvalue weighted by Gasteiger charge is -2.34. The van der Waals surface area contributed by atoms with Crippen molar-refractivity contribution in [2.24, 2.45) is 11.8 Å². The van der Waals surface area contributed by atoms with Gasteiger partial charge in [0, 0.05) is 11.6 Å². The average molecular weight is 167 g/mol. The first-order valence-electron chi connectivity index (χ1n) is 5.35. The Kier molecular flexibility index (Phi) is 1.76. The van der Waals surface area contributed by atoms with Gasteiger partial charge in [0.05, 0.1) is 0 Å². The molecular formula is C11H21N. The van der Waals surface area contributed by atoms with Crippen molar-refractivity contribution < 1.29 is 0 Å². The molecule has 2 rings (SSSR count). The Morgan fingerprint density at radius 2 is 1.92 bits per heavy atom. The van der Waals surface area contributed by atoms with Crippen LogP contribution in [0.5, 0.6) is 0 Å². The molecule has 0 N–H and O–H groups in total. The van der Waals surface area contributed by atoms with Gasteiger partial charge in [-0.1, -0.05) is 13.8 Å². The van der Waals surface area contributed by atoms with E-state index in [1.54, 1.807) is 0 Å². The predicted molar refractivity (Wildman–Crippen MR) is 52.1 cm³/mol. The monoisotopic (exact) mass is 167 g/mol. The highest BCUT2D eigenvalue weighted by molar-refractivity contribution is 5.17. The quantitative estimate of drug-likeness (QED) is 0.611. The first-order valence-corrected chi connectivity index (χ1v) is 5.35. The molecule has 2 aliphatic rings. The number of rotatable bonds is 2. The van der Waals surface area contributed by atoms with Gasteiger partial charge in [-0.25, -0.2) is 0 Å². The third-order valence-corrected chi connectivity index (χ3v) is 4.00. The number of hydrogen-bond donors (Lipinski definition) is 0. The van der Waals surface area contributed by atoms with Crippen LogP contribution in [-0.4, -0.2) is 23.0 Å². The fourth-order valence-corrected chi connectivity index (χ4v) is 3.32. The highest BCUT2D eigenvalue weighted by Gasteiger charge is 2.63. The number of likely N-dealkylation sites (tertiary alicyclic amines) is 1. The summed E-state index contributed by atoms with van der Waals surface area (Å²) >= 11 is 0. The fraction of sp³-hybridized carbons (Fsp3) is 1.00. The second kappa shape index (κ2) is 2.47. The van der Waals surface area contributed by atoms with Crippen LogP contribution in [0, 0.1) is 11.8 Å². The molecule has 0 spiro atoms. The SMILES string of the molecule is CC(C)N1CCC2C[C@@]21C(C)C. The Balaban J connectivity index is 2.16. The van der Waals surface area contributed by atoms with Crippen molar-refractivity contribution >= 4 is 0 Å². The molecule has 2 fully saturated rings. The highest BCUT2D eigenvalue weighted by Crippen LogP contribution is 2.60. The summed E-state index contributed by atoms with van der Waals surface area (Å²) in [6.45, 7) is 10.8. The van der Waals surface area contributed by atoms with Crippen LogP contribution in [0.25, 0.3) is 0 Å². The molecule has 1 heteroatoms. The van der Waals surface area contributed by atoms with E-state index in [1.165, 1.54) is 19.4 Å². The van der Waals surface area contributed by atoms with Crippen LogP contribution in [0.15, 0.2) is 0 Å². The minimum Gasteiger partial charge on any atom is -0.295 e. The molecule has 1 saturated carbocycles. The first-order chi connectivity index (χ1) is 5.59. The topological polar surface area (TPSA) is 3.24 Å². The Bertz CT molecular complexity index is 181. The summed E-state index contributed by atoms with van der Waals surface area (Å²) in [5.74, 6) is 1.90. The van der Waals surface area contributed by atoms with E-state index in [1.807, 2.05) is 0 Å². The molecule has 2 atom stereocenters. The average Bonchev–Trinajstić information content (AvgIpc) is 2.58. The molecule has 1 heterocycles. The Hall–Kier alpha value is -0.0400. The van der Waals surface area contributed by atoms with Crippen LogP contribution >= 0.6 is 0 Å². The molecule has 0 aromatic rings.